The molecule has 122 valence electrons. The molecule has 2 rings (SSSR count). The average Bonchev–Trinajstić information content (AvgIpc) is 2.55. The average molecular weight is 334 g/mol. The number of para-hydroxylation sites is 1. The minimum Gasteiger partial charge on any atom is -0.497 e. The van der Waals surface area contributed by atoms with Crippen molar-refractivity contribution in [2.45, 2.75) is 13.0 Å². The maximum atomic E-state index is 6.06. The van der Waals surface area contributed by atoms with Gasteiger partial charge in [-0.15, -0.1) is 0 Å². The lowest BCUT2D eigenvalue weighted by Gasteiger charge is -2.14. The fraction of sp³-hybridized carbons (Fsp3) is 0.235. The molecule has 23 heavy (non-hydrogen) atoms. The SMILES string of the molecule is COc1cccc(NC(N)=NCC(C)Oc2ccccc2Cl)c1. The molecule has 6 heteroatoms. The Hall–Kier alpha value is -2.40. The number of nitrogens with one attached hydrogen (secondary N) is 1. The maximum absolute atomic E-state index is 6.06. The molecule has 0 radical (unpaired) electrons. The predicted molar refractivity (Wildman–Crippen MR) is 94.6 cm³/mol. The van der Waals surface area contributed by atoms with Crippen LogP contribution in [0.4, 0.5) is 5.69 Å². The van der Waals surface area contributed by atoms with Crippen LogP contribution < -0.4 is 20.5 Å². The number of hydrogen-bond donors (Lipinski definition) is 2. The fourth-order valence-electron chi connectivity index (χ4n) is 1.91. The van der Waals surface area contributed by atoms with Gasteiger partial charge in [0.2, 0.25) is 0 Å². The molecule has 0 heterocycles. The first-order chi connectivity index (χ1) is 11.1. The van der Waals surface area contributed by atoms with Crippen molar-refractivity contribution in [3.8, 4) is 11.5 Å². The smallest absolute Gasteiger partial charge is 0.193 e. The fourth-order valence-corrected chi connectivity index (χ4v) is 2.09. The number of nitrogens with two attached hydrogens (primary N) is 1. The Morgan fingerprint density at radius 2 is 2.04 bits per heavy atom. The lowest BCUT2D eigenvalue weighted by Crippen LogP contribution is -2.25. The standard InChI is InChI=1S/C17H20ClN3O2/c1-12(23-16-9-4-3-8-15(16)18)11-20-17(19)21-13-6-5-7-14(10-13)22-2/h3-10,12H,11H2,1-2H3,(H3,19,20,21). The van der Waals surface area contributed by atoms with Crippen LogP contribution in [0.3, 0.4) is 0 Å². The maximum Gasteiger partial charge on any atom is 0.193 e. The third kappa shape index (κ3) is 5.38. The van der Waals surface area contributed by atoms with E-state index in [1.165, 1.54) is 0 Å². The van der Waals surface area contributed by atoms with Gasteiger partial charge in [-0.25, -0.2) is 4.99 Å². The van der Waals surface area contributed by atoms with Crippen LogP contribution in [0.25, 0.3) is 0 Å². The summed E-state index contributed by atoms with van der Waals surface area (Å²) in [5.74, 6) is 1.70. The summed E-state index contributed by atoms with van der Waals surface area (Å²) in [5.41, 5.74) is 6.70. The van der Waals surface area contributed by atoms with Crippen molar-refractivity contribution in [2.75, 3.05) is 19.0 Å². The first-order valence-electron chi connectivity index (χ1n) is 7.20. The molecule has 3 N–H and O–H groups in total. The summed E-state index contributed by atoms with van der Waals surface area (Å²) in [5, 5.41) is 3.59. The summed E-state index contributed by atoms with van der Waals surface area (Å²) in [6.45, 7) is 2.32. The van der Waals surface area contributed by atoms with E-state index in [2.05, 4.69) is 10.3 Å². The number of benzene rings is 2. The summed E-state index contributed by atoms with van der Waals surface area (Å²) in [6, 6.07) is 14.8. The quantitative estimate of drug-likeness (QED) is 0.626. The van der Waals surface area contributed by atoms with Gasteiger partial charge < -0.3 is 20.5 Å². The Kier molecular flexibility index (Phi) is 6.11. The molecular weight excluding hydrogens is 314 g/mol. The predicted octanol–water partition coefficient (Wildman–Crippen LogP) is 3.54. The summed E-state index contributed by atoms with van der Waals surface area (Å²) >= 11 is 6.06. The Labute approximate surface area is 141 Å². The van der Waals surface area contributed by atoms with Gasteiger partial charge >= 0.3 is 0 Å². The van der Waals surface area contributed by atoms with Crippen LogP contribution in [0.2, 0.25) is 5.02 Å². The van der Waals surface area contributed by atoms with Crippen molar-refractivity contribution in [1.29, 1.82) is 0 Å². The normalized spacial score (nSPS) is 12.6. The van der Waals surface area contributed by atoms with Crippen molar-refractivity contribution in [3.63, 3.8) is 0 Å². The van der Waals surface area contributed by atoms with Crippen LogP contribution in [-0.2, 0) is 0 Å². The van der Waals surface area contributed by atoms with E-state index < -0.39 is 0 Å². The Morgan fingerprint density at radius 3 is 2.78 bits per heavy atom. The van der Waals surface area contributed by atoms with Crippen LogP contribution in [-0.4, -0.2) is 25.7 Å². The second-order valence-corrected chi connectivity index (χ2v) is 5.35. The first-order valence-corrected chi connectivity index (χ1v) is 7.58. The van der Waals surface area contributed by atoms with E-state index in [4.69, 9.17) is 26.8 Å². The van der Waals surface area contributed by atoms with Crippen LogP contribution in [0.1, 0.15) is 6.92 Å². The van der Waals surface area contributed by atoms with Crippen LogP contribution >= 0.6 is 11.6 Å². The summed E-state index contributed by atoms with van der Waals surface area (Å²) < 4.78 is 10.9. The van der Waals surface area contributed by atoms with Gasteiger partial charge in [-0.2, -0.15) is 0 Å². The summed E-state index contributed by atoms with van der Waals surface area (Å²) in [4.78, 5) is 4.28. The highest BCUT2D eigenvalue weighted by Gasteiger charge is 2.06. The van der Waals surface area contributed by atoms with Crippen molar-refractivity contribution in [3.05, 3.63) is 53.6 Å². The largest absolute Gasteiger partial charge is 0.497 e. The Balaban J connectivity index is 1.89. The highest BCUT2D eigenvalue weighted by Crippen LogP contribution is 2.24. The molecule has 5 nitrogen and oxygen atoms in total. The topological polar surface area (TPSA) is 68.9 Å². The van der Waals surface area contributed by atoms with Crippen LogP contribution in [0.5, 0.6) is 11.5 Å². The van der Waals surface area contributed by atoms with Crippen molar-refractivity contribution in [2.24, 2.45) is 10.7 Å². The van der Waals surface area contributed by atoms with E-state index in [9.17, 15) is 0 Å². The lowest BCUT2D eigenvalue weighted by molar-refractivity contribution is 0.230. The van der Waals surface area contributed by atoms with Gasteiger partial charge in [0.25, 0.3) is 0 Å². The number of nitrogens with zero attached hydrogens (tertiary/aromatic N) is 1. The highest BCUT2D eigenvalue weighted by molar-refractivity contribution is 6.32. The molecule has 2 aromatic carbocycles. The van der Waals surface area contributed by atoms with Gasteiger partial charge in [-0.05, 0) is 31.2 Å². The number of rotatable bonds is 6. The monoisotopic (exact) mass is 333 g/mol. The van der Waals surface area contributed by atoms with Crippen LogP contribution in [0, 0.1) is 0 Å². The summed E-state index contributed by atoms with van der Waals surface area (Å²) in [7, 11) is 1.62. The van der Waals surface area contributed by atoms with E-state index in [0.29, 0.717) is 23.3 Å². The summed E-state index contributed by atoms with van der Waals surface area (Å²) in [6.07, 6.45) is -0.152. The molecule has 0 bridgehead atoms. The van der Waals surface area contributed by atoms with Gasteiger partial charge in [0.15, 0.2) is 5.96 Å². The van der Waals surface area contributed by atoms with E-state index in [1.54, 1.807) is 13.2 Å². The Bertz CT molecular complexity index is 676. The zero-order chi connectivity index (χ0) is 16.7. The van der Waals surface area contributed by atoms with Gasteiger partial charge in [-0.1, -0.05) is 29.8 Å². The van der Waals surface area contributed by atoms with Gasteiger partial charge in [0.05, 0.1) is 18.7 Å². The molecule has 0 fully saturated rings. The molecule has 0 aliphatic carbocycles. The van der Waals surface area contributed by atoms with Crippen molar-refractivity contribution < 1.29 is 9.47 Å². The molecule has 2 aromatic rings. The minimum absolute atomic E-state index is 0.152. The number of halogens is 1. The van der Waals surface area contributed by atoms with Crippen LogP contribution in [0.15, 0.2) is 53.5 Å². The number of hydrogen-bond acceptors (Lipinski definition) is 3. The first kappa shape index (κ1) is 17.0. The molecule has 0 spiro atoms. The van der Waals surface area contributed by atoms with E-state index in [0.717, 1.165) is 11.4 Å². The number of ether oxygens (including phenoxy) is 2. The molecule has 0 saturated carbocycles. The minimum atomic E-state index is -0.152. The van der Waals surface area contributed by atoms with Crippen molar-refractivity contribution >= 4 is 23.2 Å². The molecular formula is C17H20ClN3O2. The second kappa shape index (κ2) is 8.29. The number of anilines is 1. The lowest BCUT2D eigenvalue weighted by atomic mass is 10.3. The van der Waals surface area contributed by atoms with Gasteiger partial charge in [-0.3, -0.25) is 0 Å². The van der Waals surface area contributed by atoms with Gasteiger partial charge in [0, 0.05) is 11.8 Å². The molecule has 1 atom stereocenters. The van der Waals surface area contributed by atoms with E-state index in [1.807, 2.05) is 49.4 Å². The third-order valence-electron chi connectivity index (χ3n) is 3.03. The molecule has 0 aliphatic heterocycles. The molecule has 0 amide bonds. The van der Waals surface area contributed by atoms with E-state index in [-0.39, 0.29) is 6.10 Å². The number of aliphatic imine (C=N–C) groups is 1. The number of guanidine groups is 1. The third-order valence-corrected chi connectivity index (χ3v) is 3.34. The molecule has 0 saturated heterocycles. The number of methoxy groups -OCH3 is 1. The van der Waals surface area contributed by atoms with E-state index >= 15 is 0 Å². The van der Waals surface area contributed by atoms with Crippen molar-refractivity contribution in [1.82, 2.24) is 0 Å². The highest BCUT2D eigenvalue weighted by atomic mass is 35.5. The zero-order valence-electron chi connectivity index (χ0n) is 13.1. The second-order valence-electron chi connectivity index (χ2n) is 4.94. The zero-order valence-corrected chi connectivity index (χ0v) is 13.9. The molecule has 0 aromatic heterocycles. The van der Waals surface area contributed by atoms with Gasteiger partial charge in [0.1, 0.15) is 17.6 Å². The Morgan fingerprint density at radius 1 is 1.26 bits per heavy atom. The molecule has 0 aliphatic rings. The molecule has 1 unspecified atom stereocenters.